The van der Waals surface area contributed by atoms with E-state index in [9.17, 15) is 13.2 Å². The molecule has 0 bridgehead atoms. The van der Waals surface area contributed by atoms with Crippen molar-refractivity contribution in [1.82, 2.24) is 9.55 Å². The first-order chi connectivity index (χ1) is 13.7. The van der Waals surface area contributed by atoms with Crippen LogP contribution in [0.1, 0.15) is 52.3 Å². The highest BCUT2D eigenvalue weighted by Gasteiger charge is 2.37. The van der Waals surface area contributed by atoms with Crippen molar-refractivity contribution in [3.05, 3.63) is 24.0 Å². The zero-order chi connectivity index (χ0) is 21.6. The molecule has 1 heterocycles. The minimum atomic E-state index is -4.43. The van der Waals surface area contributed by atoms with Gasteiger partial charge in [-0.05, 0) is 62.3 Å². The van der Waals surface area contributed by atoms with Crippen LogP contribution in [0.5, 0.6) is 0 Å². The summed E-state index contributed by atoms with van der Waals surface area (Å²) in [6, 6.07) is 5.30. The molecule has 1 aliphatic carbocycles. The highest BCUT2D eigenvalue weighted by Crippen LogP contribution is 2.39. The Hall–Kier alpha value is -1.41. The third-order valence-electron chi connectivity index (χ3n) is 5.01. The van der Waals surface area contributed by atoms with Crippen molar-refractivity contribution < 1.29 is 17.9 Å². The van der Waals surface area contributed by atoms with Crippen LogP contribution >= 0.6 is 11.9 Å². The molecular formula is C21H32F3N3OS. The van der Waals surface area contributed by atoms with Gasteiger partial charge < -0.3 is 13.6 Å². The number of aryl methyl sites for hydroxylation is 1. The highest BCUT2D eigenvalue weighted by atomic mass is 32.2. The standard InChI is InChI=1S/C14H16F3N3S.C7H16O/c1-3-20-12-7-4-9(19(2)21-10-5-6-10)8-11(12)18-13(20)14(15,16)17;1-4-7(2)5-6-8-3/h4,7-8,10H,3,5-6H2,1-2H3;7H,4-6H2,1-3H3. The van der Waals surface area contributed by atoms with Crippen molar-refractivity contribution in [3.63, 3.8) is 0 Å². The summed E-state index contributed by atoms with van der Waals surface area (Å²) in [6.07, 6.45) is 0.458. The zero-order valence-electron chi connectivity index (χ0n) is 17.9. The smallest absolute Gasteiger partial charge is 0.385 e. The van der Waals surface area contributed by atoms with E-state index in [0.717, 1.165) is 18.2 Å². The maximum Gasteiger partial charge on any atom is 0.449 e. The maximum absolute atomic E-state index is 13.0. The molecule has 1 saturated carbocycles. The fraction of sp³-hybridized carbons (Fsp3) is 0.667. The van der Waals surface area contributed by atoms with Crippen LogP contribution in [0.4, 0.5) is 18.9 Å². The lowest BCUT2D eigenvalue weighted by Gasteiger charge is -2.17. The number of imidazole rings is 1. The van der Waals surface area contributed by atoms with Gasteiger partial charge in [-0.1, -0.05) is 20.3 Å². The number of fused-ring (bicyclic) bond motifs is 1. The summed E-state index contributed by atoms with van der Waals surface area (Å²) in [5.74, 6) is 0.00426. The summed E-state index contributed by atoms with van der Waals surface area (Å²) >= 11 is 1.73. The Morgan fingerprint density at radius 3 is 2.52 bits per heavy atom. The molecule has 4 nitrogen and oxygen atoms in total. The molecule has 0 aliphatic heterocycles. The van der Waals surface area contributed by atoms with Crippen molar-refractivity contribution in [2.24, 2.45) is 5.92 Å². The number of hydrogen-bond donors (Lipinski definition) is 0. The molecular weight excluding hydrogens is 399 g/mol. The van der Waals surface area contributed by atoms with Gasteiger partial charge in [-0.2, -0.15) is 13.2 Å². The Bertz CT molecular complexity index is 774. The zero-order valence-corrected chi connectivity index (χ0v) is 18.7. The van der Waals surface area contributed by atoms with Gasteiger partial charge in [0.2, 0.25) is 5.82 Å². The first-order valence-electron chi connectivity index (χ1n) is 10.2. The van der Waals surface area contributed by atoms with Crippen molar-refractivity contribution >= 4 is 28.7 Å². The van der Waals surface area contributed by atoms with E-state index in [0.29, 0.717) is 16.3 Å². The second-order valence-corrected chi connectivity index (χ2v) is 8.87. The van der Waals surface area contributed by atoms with E-state index < -0.39 is 12.0 Å². The van der Waals surface area contributed by atoms with E-state index in [-0.39, 0.29) is 6.54 Å². The van der Waals surface area contributed by atoms with Crippen molar-refractivity contribution in [3.8, 4) is 0 Å². The van der Waals surface area contributed by atoms with Crippen LogP contribution in [-0.4, -0.2) is 35.6 Å². The second kappa shape index (κ2) is 10.6. The molecule has 1 aromatic carbocycles. The summed E-state index contributed by atoms with van der Waals surface area (Å²) in [7, 11) is 3.69. The third-order valence-corrected chi connectivity index (χ3v) is 6.31. The average Bonchev–Trinajstić information content (AvgIpc) is 3.41. The number of ether oxygens (including phenoxy) is 1. The Morgan fingerprint density at radius 1 is 1.31 bits per heavy atom. The number of halogens is 3. The predicted octanol–water partition coefficient (Wildman–Crippen LogP) is 6.39. The van der Waals surface area contributed by atoms with Gasteiger partial charge in [-0.3, -0.25) is 0 Å². The number of methoxy groups -OCH3 is 1. The fourth-order valence-electron chi connectivity index (χ4n) is 2.83. The molecule has 1 fully saturated rings. The summed E-state index contributed by atoms with van der Waals surface area (Å²) in [5, 5.41) is 0.643. The molecule has 0 amide bonds. The van der Waals surface area contributed by atoms with E-state index in [4.69, 9.17) is 4.74 Å². The molecule has 164 valence electrons. The lowest BCUT2D eigenvalue weighted by Crippen LogP contribution is -2.14. The summed E-state index contributed by atoms with van der Waals surface area (Å²) in [5.41, 5.74) is 1.80. The number of anilines is 1. The van der Waals surface area contributed by atoms with Gasteiger partial charge in [0, 0.05) is 38.2 Å². The Kier molecular flexibility index (Phi) is 8.70. The van der Waals surface area contributed by atoms with E-state index in [1.807, 2.05) is 17.4 Å². The molecule has 0 saturated heterocycles. The lowest BCUT2D eigenvalue weighted by atomic mass is 10.1. The quantitative estimate of drug-likeness (QED) is 0.453. The van der Waals surface area contributed by atoms with Gasteiger partial charge >= 0.3 is 6.18 Å². The van der Waals surface area contributed by atoms with Gasteiger partial charge in [0.25, 0.3) is 0 Å². The van der Waals surface area contributed by atoms with Crippen LogP contribution in [0.3, 0.4) is 0 Å². The molecule has 2 aromatic rings. The van der Waals surface area contributed by atoms with Crippen LogP contribution in [0.25, 0.3) is 11.0 Å². The van der Waals surface area contributed by atoms with Crippen LogP contribution in [0, 0.1) is 5.92 Å². The van der Waals surface area contributed by atoms with E-state index in [1.54, 1.807) is 38.1 Å². The van der Waals surface area contributed by atoms with Crippen LogP contribution in [-0.2, 0) is 17.5 Å². The van der Waals surface area contributed by atoms with Gasteiger partial charge in [0.05, 0.1) is 11.0 Å². The Labute approximate surface area is 175 Å². The first kappa shape index (κ1) is 23.9. The molecule has 3 rings (SSSR count). The monoisotopic (exact) mass is 431 g/mol. The van der Waals surface area contributed by atoms with E-state index in [1.165, 1.54) is 30.3 Å². The molecule has 0 N–H and O–H groups in total. The topological polar surface area (TPSA) is 30.3 Å². The third kappa shape index (κ3) is 6.81. The average molecular weight is 432 g/mol. The summed E-state index contributed by atoms with van der Waals surface area (Å²) in [4.78, 5) is 3.79. The highest BCUT2D eigenvalue weighted by molar-refractivity contribution is 8.01. The number of hydrogen-bond acceptors (Lipinski definition) is 4. The predicted molar refractivity (Wildman–Crippen MR) is 115 cm³/mol. The Balaban J connectivity index is 0.000000321. The van der Waals surface area contributed by atoms with Crippen LogP contribution in [0.15, 0.2) is 18.2 Å². The summed E-state index contributed by atoms with van der Waals surface area (Å²) in [6.45, 7) is 7.31. The molecule has 1 unspecified atom stereocenters. The molecule has 1 atom stereocenters. The number of benzene rings is 1. The SMILES string of the molecule is CCC(C)CCOC.CCn1c(C(F)(F)F)nc2cc(N(C)SC3CC3)ccc21. The minimum Gasteiger partial charge on any atom is -0.385 e. The minimum absolute atomic E-state index is 0.247. The van der Waals surface area contributed by atoms with E-state index >= 15 is 0 Å². The molecule has 0 spiro atoms. The molecule has 1 aliphatic rings. The number of aromatic nitrogens is 2. The Morgan fingerprint density at radius 2 is 2.00 bits per heavy atom. The van der Waals surface area contributed by atoms with Crippen molar-refractivity contribution in [1.29, 1.82) is 0 Å². The molecule has 8 heteroatoms. The van der Waals surface area contributed by atoms with Crippen LogP contribution in [0.2, 0.25) is 0 Å². The summed E-state index contributed by atoms with van der Waals surface area (Å²) < 4.78 is 47.2. The lowest BCUT2D eigenvalue weighted by molar-refractivity contribution is -0.146. The normalized spacial score (nSPS) is 15.2. The van der Waals surface area contributed by atoms with Gasteiger partial charge in [-0.15, -0.1) is 0 Å². The maximum atomic E-state index is 13.0. The number of rotatable bonds is 8. The van der Waals surface area contributed by atoms with Crippen molar-refractivity contribution in [2.75, 3.05) is 25.1 Å². The molecule has 29 heavy (non-hydrogen) atoms. The molecule has 1 aromatic heterocycles. The molecule has 0 radical (unpaired) electrons. The van der Waals surface area contributed by atoms with E-state index in [2.05, 4.69) is 18.8 Å². The van der Waals surface area contributed by atoms with Gasteiger partial charge in [0.1, 0.15) is 0 Å². The number of alkyl halides is 3. The first-order valence-corrected chi connectivity index (χ1v) is 11.0. The van der Waals surface area contributed by atoms with Gasteiger partial charge in [0.15, 0.2) is 0 Å². The largest absolute Gasteiger partial charge is 0.449 e. The number of nitrogens with zero attached hydrogens (tertiary/aromatic N) is 3. The van der Waals surface area contributed by atoms with Crippen LogP contribution < -0.4 is 4.31 Å². The fourth-order valence-corrected chi connectivity index (χ4v) is 3.86. The van der Waals surface area contributed by atoms with Gasteiger partial charge in [-0.25, -0.2) is 4.98 Å². The second-order valence-electron chi connectivity index (χ2n) is 7.45. The van der Waals surface area contributed by atoms with Crippen molar-refractivity contribution in [2.45, 2.75) is 64.4 Å².